The van der Waals surface area contributed by atoms with Crippen LogP contribution in [0.4, 0.5) is 5.69 Å². The number of pyridine rings is 1. The number of carbonyl (C=O) groups is 1. The molecule has 0 N–H and O–H groups in total. The summed E-state index contributed by atoms with van der Waals surface area (Å²) in [5.74, 6) is 0.860. The molecule has 6 heteroatoms. The lowest BCUT2D eigenvalue weighted by Crippen LogP contribution is -2.30. The Bertz CT molecular complexity index is 743. The van der Waals surface area contributed by atoms with Crippen molar-refractivity contribution in [3.05, 3.63) is 30.2 Å². The zero-order chi connectivity index (χ0) is 18.4. The number of carbonyl (C=O) groups excluding carboxylic acids is 1. The summed E-state index contributed by atoms with van der Waals surface area (Å²) in [4.78, 5) is 23.4. The third-order valence-corrected chi connectivity index (χ3v) is 4.01. The van der Waals surface area contributed by atoms with Gasteiger partial charge in [0.15, 0.2) is 5.78 Å². The van der Waals surface area contributed by atoms with Gasteiger partial charge in [0.25, 0.3) is 0 Å². The minimum absolute atomic E-state index is 0.0470. The van der Waals surface area contributed by atoms with Gasteiger partial charge in [0.05, 0.1) is 0 Å². The fourth-order valence-electron chi connectivity index (χ4n) is 2.92. The summed E-state index contributed by atoms with van der Waals surface area (Å²) in [6.45, 7) is 9.75. The molecule has 0 unspecified atom stereocenters. The Morgan fingerprint density at radius 1 is 1.24 bits per heavy atom. The average Bonchev–Trinajstić information content (AvgIpc) is 2.91. The summed E-state index contributed by atoms with van der Waals surface area (Å²) in [6.07, 6.45) is 5.57. The summed E-state index contributed by atoms with van der Waals surface area (Å²) in [7, 11) is 1.78. The molecule has 0 spiro atoms. The molecule has 0 atom stereocenters. The van der Waals surface area contributed by atoms with Crippen LogP contribution in [0.1, 0.15) is 51.0 Å². The van der Waals surface area contributed by atoms with Crippen LogP contribution in [0.25, 0.3) is 11.3 Å². The van der Waals surface area contributed by atoms with Crippen LogP contribution in [0.5, 0.6) is 0 Å². The van der Waals surface area contributed by atoms with Crippen molar-refractivity contribution in [3.8, 4) is 11.3 Å². The first-order valence-electron chi connectivity index (χ1n) is 8.78. The van der Waals surface area contributed by atoms with E-state index in [9.17, 15) is 4.79 Å². The minimum Gasteiger partial charge on any atom is -0.360 e. The summed E-state index contributed by atoms with van der Waals surface area (Å²) < 4.78 is 1.61. The van der Waals surface area contributed by atoms with Crippen LogP contribution in [-0.2, 0) is 7.05 Å². The van der Waals surface area contributed by atoms with E-state index in [1.54, 1.807) is 31.0 Å². The van der Waals surface area contributed by atoms with Crippen molar-refractivity contribution < 1.29 is 4.79 Å². The van der Waals surface area contributed by atoms with Crippen molar-refractivity contribution in [2.24, 2.45) is 12.0 Å². The molecule has 0 aliphatic heterocycles. The summed E-state index contributed by atoms with van der Waals surface area (Å²) in [5, 5.41) is 4.54. The third-order valence-electron chi connectivity index (χ3n) is 4.01. The minimum atomic E-state index is -0.0470. The van der Waals surface area contributed by atoms with Crippen molar-refractivity contribution in [2.75, 3.05) is 13.1 Å². The Morgan fingerprint density at radius 2 is 1.92 bits per heavy atom. The normalized spacial score (nSPS) is 11.6. The number of hydrogen-bond donors (Lipinski definition) is 0. The highest BCUT2D eigenvalue weighted by molar-refractivity contribution is 6.01. The van der Waals surface area contributed by atoms with Gasteiger partial charge >= 0.3 is 0 Å². The summed E-state index contributed by atoms with van der Waals surface area (Å²) in [5.41, 5.74) is 2.69. The van der Waals surface area contributed by atoms with E-state index >= 15 is 0 Å². The van der Waals surface area contributed by atoms with Crippen molar-refractivity contribution in [1.29, 1.82) is 0 Å². The van der Waals surface area contributed by atoms with Crippen molar-refractivity contribution >= 4 is 17.3 Å². The van der Waals surface area contributed by atoms with Gasteiger partial charge in [-0.05, 0) is 31.9 Å². The number of nitrogens with zero attached hydrogens (tertiary/aromatic N) is 5. The Kier molecular flexibility index (Phi) is 6.44. The van der Waals surface area contributed by atoms with E-state index in [2.05, 4.69) is 28.8 Å². The van der Waals surface area contributed by atoms with E-state index in [1.807, 2.05) is 19.1 Å². The second-order valence-electron chi connectivity index (χ2n) is 6.11. The maximum atomic E-state index is 12.2. The Hall–Kier alpha value is -2.50. The van der Waals surface area contributed by atoms with Crippen LogP contribution in [0, 0.1) is 0 Å². The lowest BCUT2D eigenvalue weighted by molar-refractivity contribution is 0.100. The fraction of sp³-hybridized carbons (Fsp3) is 0.474. The summed E-state index contributed by atoms with van der Waals surface area (Å²) >= 11 is 0. The number of amidine groups is 1. The van der Waals surface area contributed by atoms with E-state index in [0.29, 0.717) is 17.1 Å². The predicted molar refractivity (Wildman–Crippen MR) is 101 cm³/mol. The van der Waals surface area contributed by atoms with Gasteiger partial charge in [0.1, 0.15) is 22.9 Å². The van der Waals surface area contributed by atoms with Crippen molar-refractivity contribution in [1.82, 2.24) is 19.7 Å². The molecule has 2 rings (SSSR count). The molecule has 0 fully saturated rings. The molecule has 6 nitrogen and oxygen atoms in total. The van der Waals surface area contributed by atoms with Crippen LogP contribution >= 0.6 is 0 Å². The van der Waals surface area contributed by atoms with Gasteiger partial charge in [0.2, 0.25) is 0 Å². The SMILES string of the molecule is CCCN(CCC)/C(C)=N/c1c(-c2cccnc2)nn(C)c1C(C)=O. The zero-order valence-corrected chi connectivity index (χ0v) is 15.8. The lowest BCUT2D eigenvalue weighted by Gasteiger charge is -2.23. The first-order chi connectivity index (χ1) is 12.0. The Labute approximate surface area is 149 Å². The van der Waals surface area contributed by atoms with Gasteiger partial charge < -0.3 is 4.90 Å². The van der Waals surface area contributed by atoms with Gasteiger partial charge in [-0.3, -0.25) is 14.5 Å². The standard InChI is InChI=1S/C19H27N5O/c1-6-11-24(12-7-2)15(4)21-18-17(16-9-8-10-20-13-16)22-23(5)19(18)14(3)25/h8-10,13H,6-7,11-12H2,1-5H3/b21-15+. The fourth-order valence-corrected chi connectivity index (χ4v) is 2.92. The van der Waals surface area contributed by atoms with Crippen LogP contribution in [0.15, 0.2) is 29.5 Å². The number of hydrogen-bond acceptors (Lipinski definition) is 4. The smallest absolute Gasteiger partial charge is 0.180 e. The predicted octanol–water partition coefficient (Wildman–Crippen LogP) is 3.86. The highest BCUT2D eigenvalue weighted by atomic mass is 16.1. The van der Waals surface area contributed by atoms with Crippen molar-refractivity contribution in [2.45, 2.75) is 40.5 Å². The Morgan fingerprint density at radius 3 is 2.44 bits per heavy atom. The molecule has 0 saturated carbocycles. The largest absolute Gasteiger partial charge is 0.360 e. The molecule has 0 bridgehead atoms. The highest BCUT2D eigenvalue weighted by Gasteiger charge is 2.21. The van der Waals surface area contributed by atoms with Gasteiger partial charge in [-0.15, -0.1) is 0 Å². The quantitative estimate of drug-likeness (QED) is 0.436. The monoisotopic (exact) mass is 341 g/mol. The van der Waals surface area contributed by atoms with E-state index in [4.69, 9.17) is 4.99 Å². The number of aliphatic imine (C=N–C) groups is 1. The molecule has 0 aliphatic carbocycles. The van der Waals surface area contributed by atoms with E-state index in [1.165, 1.54) is 0 Å². The molecule has 0 saturated heterocycles. The molecule has 2 heterocycles. The zero-order valence-electron chi connectivity index (χ0n) is 15.8. The Balaban J connectivity index is 2.58. The molecule has 2 aromatic rings. The lowest BCUT2D eigenvalue weighted by atomic mass is 10.1. The maximum Gasteiger partial charge on any atom is 0.180 e. The van der Waals surface area contributed by atoms with Crippen LogP contribution in [-0.4, -0.2) is 44.4 Å². The molecular formula is C19H27N5O. The second-order valence-corrected chi connectivity index (χ2v) is 6.11. The molecule has 0 aliphatic rings. The molecule has 134 valence electrons. The maximum absolute atomic E-state index is 12.2. The van der Waals surface area contributed by atoms with Crippen LogP contribution < -0.4 is 0 Å². The molecule has 25 heavy (non-hydrogen) atoms. The topological polar surface area (TPSA) is 63.4 Å². The van der Waals surface area contributed by atoms with Gasteiger partial charge in [-0.1, -0.05) is 13.8 Å². The molecule has 2 aromatic heterocycles. The molecule has 0 radical (unpaired) electrons. The molecule has 0 aromatic carbocycles. The van der Waals surface area contributed by atoms with Crippen molar-refractivity contribution in [3.63, 3.8) is 0 Å². The number of rotatable bonds is 7. The van der Waals surface area contributed by atoms with Gasteiger partial charge in [-0.2, -0.15) is 5.10 Å². The van der Waals surface area contributed by atoms with Crippen LogP contribution in [0.2, 0.25) is 0 Å². The molecule has 0 amide bonds. The van der Waals surface area contributed by atoms with Gasteiger partial charge in [-0.25, -0.2) is 4.99 Å². The van der Waals surface area contributed by atoms with E-state index in [-0.39, 0.29) is 5.78 Å². The van der Waals surface area contributed by atoms with E-state index < -0.39 is 0 Å². The highest BCUT2D eigenvalue weighted by Crippen LogP contribution is 2.33. The first kappa shape index (κ1) is 18.8. The number of aryl methyl sites for hydroxylation is 1. The average molecular weight is 341 g/mol. The molecular weight excluding hydrogens is 314 g/mol. The second kappa shape index (κ2) is 8.55. The van der Waals surface area contributed by atoms with E-state index in [0.717, 1.165) is 37.3 Å². The number of ketones is 1. The third kappa shape index (κ3) is 4.32. The van der Waals surface area contributed by atoms with Gasteiger partial charge in [0, 0.05) is 45.0 Å². The number of Topliss-reactive ketones (excluding diaryl/α,β-unsaturated/α-hetero) is 1. The van der Waals surface area contributed by atoms with Crippen LogP contribution in [0.3, 0.4) is 0 Å². The first-order valence-corrected chi connectivity index (χ1v) is 8.78. The number of aromatic nitrogens is 3. The summed E-state index contributed by atoms with van der Waals surface area (Å²) in [6, 6.07) is 3.79.